The van der Waals surface area contributed by atoms with Gasteiger partial charge in [-0.3, -0.25) is 4.79 Å². The lowest BCUT2D eigenvalue weighted by molar-refractivity contribution is -0.113. The van der Waals surface area contributed by atoms with Crippen LogP contribution in [0.3, 0.4) is 0 Å². The van der Waals surface area contributed by atoms with Crippen LogP contribution in [0.2, 0.25) is 0 Å². The number of fused-ring (bicyclic) bond motifs is 1. The zero-order valence-corrected chi connectivity index (χ0v) is 17.0. The second kappa shape index (κ2) is 7.72. The molecule has 1 unspecified atom stereocenters. The highest BCUT2D eigenvalue weighted by Crippen LogP contribution is 2.46. The minimum absolute atomic E-state index is 0.0185. The number of aryl methyl sites for hydroxylation is 2. The van der Waals surface area contributed by atoms with E-state index in [9.17, 15) is 4.79 Å². The molecule has 1 aliphatic heterocycles. The van der Waals surface area contributed by atoms with Crippen LogP contribution in [0.1, 0.15) is 34.6 Å². The van der Waals surface area contributed by atoms with E-state index >= 15 is 0 Å². The molecule has 0 aliphatic carbocycles. The molecule has 0 radical (unpaired) electrons. The van der Waals surface area contributed by atoms with Crippen LogP contribution in [-0.2, 0) is 11.2 Å². The second-order valence-electron chi connectivity index (χ2n) is 6.76. The van der Waals surface area contributed by atoms with Crippen molar-refractivity contribution in [2.75, 3.05) is 18.2 Å². The molecule has 4 rings (SSSR count). The summed E-state index contributed by atoms with van der Waals surface area (Å²) in [6, 6.07) is 16.3. The number of carbonyl (C=O) groups is 1. The van der Waals surface area contributed by atoms with Gasteiger partial charge in [-0.1, -0.05) is 37.3 Å². The fourth-order valence-corrected chi connectivity index (χ4v) is 4.79. The first-order valence-electron chi connectivity index (χ1n) is 9.35. The van der Waals surface area contributed by atoms with Gasteiger partial charge in [0, 0.05) is 11.1 Å². The monoisotopic (exact) mass is 393 g/mol. The van der Waals surface area contributed by atoms with Crippen LogP contribution in [0.25, 0.3) is 5.69 Å². The molecule has 28 heavy (non-hydrogen) atoms. The van der Waals surface area contributed by atoms with Gasteiger partial charge in [-0.15, -0.1) is 11.8 Å². The summed E-state index contributed by atoms with van der Waals surface area (Å²) in [6.07, 6.45) is 0.986. The number of carbonyl (C=O) groups excluding carboxylic acids is 1. The maximum absolute atomic E-state index is 12.5. The first-order valence-corrected chi connectivity index (χ1v) is 10.4. The van der Waals surface area contributed by atoms with Crippen molar-refractivity contribution in [3.05, 3.63) is 70.9 Å². The molecule has 3 aromatic rings. The Balaban J connectivity index is 1.87. The molecule has 0 saturated carbocycles. The third-order valence-electron chi connectivity index (χ3n) is 5.02. The van der Waals surface area contributed by atoms with Crippen LogP contribution in [0.4, 0.5) is 5.82 Å². The summed E-state index contributed by atoms with van der Waals surface area (Å²) in [5.41, 5.74) is 5.19. The van der Waals surface area contributed by atoms with Gasteiger partial charge in [-0.2, -0.15) is 5.10 Å². The van der Waals surface area contributed by atoms with E-state index in [1.54, 1.807) is 18.9 Å². The van der Waals surface area contributed by atoms with Crippen molar-refractivity contribution >= 4 is 23.5 Å². The SMILES string of the molecule is CCc1ccc(-n2nc(C)c3c2NC(=O)CSC3c2ccccc2OC)cc1. The first kappa shape index (κ1) is 18.6. The Morgan fingerprint density at radius 1 is 1.21 bits per heavy atom. The molecule has 1 amide bonds. The number of hydrogen-bond donors (Lipinski definition) is 1. The maximum Gasteiger partial charge on any atom is 0.235 e. The molecule has 0 bridgehead atoms. The van der Waals surface area contributed by atoms with Crippen LogP contribution < -0.4 is 10.1 Å². The number of aromatic nitrogens is 2. The summed E-state index contributed by atoms with van der Waals surface area (Å²) in [5.74, 6) is 1.92. The highest BCUT2D eigenvalue weighted by atomic mass is 32.2. The molecule has 0 fully saturated rings. The molecule has 0 saturated heterocycles. The topological polar surface area (TPSA) is 56.2 Å². The van der Waals surface area contributed by atoms with Gasteiger partial charge in [-0.05, 0) is 37.1 Å². The zero-order valence-electron chi connectivity index (χ0n) is 16.2. The van der Waals surface area contributed by atoms with Crippen molar-refractivity contribution < 1.29 is 9.53 Å². The highest BCUT2D eigenvalue weighted by molar-refractivity contribution is 8.00. The predicted molar refractivity (Wildman–Crippen MR) is 114 cm³/mol. The summed E-state index contributed by atoms with van der Waals surface area (Å²) < 4.78 is 7.44. The number of rotatable bonds is 4. The van der Waals surface area contributed by atoms with Crippen LogP contribution in [0.5, 0.6) is 5.75 Å². The minimum atomic E-state index is -0.0336. The van der Waals surface area contributed by atoms with Gasteiger partial charge in [-0.25, -0.2) is 4.68 Å². The first-order chi connectivity index (χ1) is 13.6. The van der Waals surface area contributed by atoms with Gasteiger partial charge in [0.15, 0.2) is 0 Å². The Morgan fingerprint density at radius 2 is 1.96 bits per heavy atom. The third-order valence-corrected chi connectivity index (χ3v) is 6.27. The van der Waals surface area contributed by atoms with Crippen LogP contribution >= 0.6 is 11.8 Å². The maximum atomic E-state index is 12.5. The molecule has 144 valence electrons. The zero-order chi connectivity index (χ0) is 19.7. The molecule has 1 atom stereocenters. The Hall–Kier alpha value is -2.73. The molecule has 1 N–H and O–H groups in total. The van der Waals surface area contributed by atoms with Crippen molar-refractivity contribution in [2.24, 2.45) is 0 Å². The fraction of sp³-hybridized carbons (Fsp3) is 0.273. The Labute approximate surface area is 169 Å². The van der Waals surface area contributed by atoms with E-state index < -0.39 is 0 Å². The molecule has 2 heterocycles. The van der Waals surface area contributed by atoms with Crippen LogP contribution in [-0.4, -0.2) is 28.6 Å². The molecule has 1 aromatic heterocycles. The van der Waals surface area contributed by atoms with Crippen molar-refractivity contribution in [3.8, 4) is 11.4 Å². The lowest BCUT2D eigenvalue weighted by atomic mass is 10.0. The van der Waals surface area contributed by atoms with Gasteiger partial charge in [0.1, 0.15) is 11.6 Å². The number of anilines is 1. The Morgan fingerprint density at radius 3 is 2.68 bits per heavy atom. The standard InChI is InChI=1S/C22H23N3O2S/c1-4-15-9-11-16(12-10-15)25-22-20(14(2)24-25)21(28-13-19(26)23-22)17-7-5-6-8-18(17)27-3/h5-12,21H,4,13H2,1-3H3,(H,23,26). The van der Waals surface area contributed by atoms with Crippen molar-refractivity contribution in [1.29, 1.82) is 0 Å². The quantitative estimate of drug-likeness (QED) is 0.708. The van der Waals surface area contributed by atoms with Crippen molar-refractivity contribution in [3.63, 3.8) is 0 Å². The molecule has 1 aliphatic rings. The smallest absolute Gasteiger partial charge is 0.235 e. The number of ether oxygens (including phenoxy) is 1. The van der Waals surface area contributed by atoms with Gasteiger partial charge in [0.05, 0.1) is 29.5 Å². The number of amides is 1. The number of nitrogens with one attached hydrogen (secondary N) is 1. The van der Waals surface area contributed by atoms with E-state index in [-0.39, 0.29) is 11.2 Å². The lowest BCUT2D eigenvalue weighted by Gasteiger charge is -2.18. The van der Waals surface area contributed by atoms with Crippen LogP contribution in [0, 0.1) is 6.92 Å². The van der Waals surface area contributed by atoms with E-state index in [2.05, 4.69) is 30.4 Å². The van der Waals surface area contributed by atoms with Crippen molar-refractivity contribution in [1.82, 2.24) is 9.78 Å². The largest absolute Gasteiger partial charge is 0.496 e. The Kier molecular flexibility index (Phi) is 5.13. The third kappa shape index (κ3) is 3.29. The minimum Gasteiger partial charge on any atom is -0.496 e. The summed E-state index contributed by atoms with van der Waals surface area (Å²) in [7, 11) is 1.68. The summed E-state index contributed by atoms with van der Waals surface area (Å²) in [5, 5.41) is 7.82. The average molecular weight is 394 g/mol. The molecule has 5 nitrogen and oxygen atoms in total. The molecule has 6 heteroatoms. The molecular formula is C22H23N3O2S. The second-order valence-corrected chi connectivity index (χ2v) is 7.85. The van der Waals surface area contributed by atoms with E-state index in [0.29, 0.717) is 5.75 Å². The average Bonchev–Trinajstić information content (AvgIpc) is 2.93. The normalized spacial score (nSPS) is 16.2. The molecule has 0 spiro atoms. The number of benzene rings is 2. The highest BCUT2D eigenvalue weighted by Gasteiger charge is 2.32. The Bertz CT molecular complexity index is 1010. The van der Waals surface area contributed by atoms with Gasteiger partial charge in [0.2, 0.25) is 5.91 Å². The molecular weight excluding hydrogens is 370 g/mol. The number of thioether (sulfide) groups is 1. The summed E-state index contributed by atoms with van der Waals surface area (Å²) in [6.45, 7) is 4.13. The molecule has 2 aromatic carbocycles. The number of hydrogen-bond acceptors (Lipinski definition) is 4. The van der Waals surface area contributed by atoms with Gasteiger partial charge in [0.25, 0.3) is 0 Å². The van der Waals surface area contributed by atoms with Crippen molar-refractivity contribution in [2.45, 2.75) is 25.5 Å². The van der Waals surface area contributed by atoms with Gasteiger partial charge >= 0.3 is 0 Å². The predicted octanol–water partition coefficient (Wildman–Crippen LogP) is 4.53. The lowest BCUT2D eigenvalue weighted by Crippen LogP contribution is -2.15. The fourth-order valence-electron chi connectivity index (χ4n) is 3.57. The van der Waals surface area contributed by atoms with Crippen LogP contribution in [0.15, 0.2) is 48.5 Å². The van der Waals surface area contributed by atoms with E-state index in [0.717, 1.165) is 40.5 Å². The number of para-hydroxylation sites is 1. The summed E-state index contributed by atoms with van der Waals surface area (Å²) in [4.78, 5) is 12.5. The number of nitrogens with zero attached hydrogens (tertiary/aromatic N) is 2. The van der Waals surface area contributed by atoms with E-state index in [1.165, 1.54) is 5.56 Å². The summed E-state index contributed by atoms with van der Waals surface area (Å²) >= 11 is 1.60. The van der Waals surface area contributed by atoms with Gasteiger partial charge < -0.3 is 10.1 Å². The van der Waals surface area contributed by atoms with E-state index in [1.807, 2.05) is 41.9 Å². The van der Waals surface area contributed by atoms with E-state index in [4.69, 9.17) is 9.84 Å². The number of methoxy groups -OCH3 is 1.